The molecule has 3 rings (SSSR count). The molecule has 1 N–H and O–H groups in total. The van der Waals surface area contributed by atoms with Crippen LogP contribution >= 0.6 is 0 Å². The molecule has 0 aliphatic rings. The lowest BCUT2D eigenvalue weighted by Gasteiger charge is -2.24. The molecule has 8 nitrogen and oxygen atoms in total. The molecule has 0 aliphatic heterocycles. The Bertz CT molecular complexity index is 1070. The molecule has 2 aromatic carbocycles. The van der Waals surface area contributed by atoms with E-state index in [9.17, 15) is 13.6 Å². The van der Waals surface area contributed by atoms with Gasteiger partial charge in [-0.25, -0.2) is 23.5 Å². The number of nitrogens with one attached hydrogen (secondary N) is 1. The summed E-state index contributed by atoms with van der Waals surface area (Å²) in [5, 5.41) is 2.47. The van der Waals surface area contributed by atoms with Gasteiger partial charge in [-0.15, -0.1) is 0 Å². The lowest BCUT2D eigenvalue weighted by molar-refractivity contribution is 0.206. The number of hydrogen-bond acceptors (Lipinski definition) is 6. The van der Waals surface area contributed by atoms with Gasteiger partial charge in [0.2, 0.25) is 5.95 Å². The van der Waals surface area contributed by atoms with Crippen molar-refractivity contribution in [1.82, 2.24) is 9.97 Å². The number of methoxy groups -OCH3 is 2. The second-order valence-electron chi connectivity index (χ2n) is 6.72. The molecule has 2 amide bonds. The molecule has 0 saturated heterocycles. The minimum absolute atomic E-state index is 0.165. The quantitative estimate of drug-likeness (QED) is 0.562. The predicted molar refractivity (Wildman–Crippen MR) is 118 cm³/mol. The Hall–Kier alpha value is -3.79. The summed E-state index contributed by atoms with van der Waals surface area (Å²) in [6.07, 6.45) is 1.52. The van der Waals surface area contributed by atoms with Gasteiger partial charge in [0, 0.05) is 39.0 Å². The van der Waals surface area contributed by atoms with Crippen molar-refractivity contribution < 1.29 is 23.0 Å². The highest BCUT2D eigenvalue weighted by Crippen LogP contribution is 2.28. The van der Waals surface area contributed by atoms with E-state index >= 15 is 0 Å². The highest BCUT2D eigenvalue weighted by atomic mass is 19.1. The molecule has 10 heteroatoms. The Labute approximate surface area is 184 Å². The highest BCUT2D eigenvalue weighted by molar-refractivity contribution is 6.06. The molecule has 0 unspecified atom stereocenters. The maximum absolute atomic E-state index is 14.1. The van der Waals surface area contributed by atoms with Crippen LogP contribution in [0.2, 0.25) is 0 Å². The Kier molecular flexibility index (Phi) is 7.50. The fourth-order valence-electron chi connectivity index (χ4n) is 2.82. The number of urea groups is 1. The summed E-state index contributed by atoms with van der Waals surface area (Å²) < 4.78 is 37.6. The molecule has 1 heterocycles. The van der Waals surface area contributed by atoms with E-state index < -0.39 is 17.7 Å². The van der Waals surface area contributed by atoms with Crippen molar-refractivity contribution in [2.24, 2.45) is 0 Å². The molecule has 0 radical (unpaired) electrons. The van der Waals surface area contributed by atoms with E-state index in [1.165, 1.54) is 18.2 Å². The van der Waals surface area contributed by atoms with Gasteiger partial charge in [-0.1, -0.05) is 0 Å². The number of amides is 2. The number of anilines is 4. The lowest BCUT2D eigenvalue weighted by atomic mass is 10.2. The first kappa shape index (κ1) is 22.9. The molecule has 0 atom stereocenters. The van der Waals surface area contributed by atoms with Crippen molar-refractivity contribution in [3.05, 3.63) is 66.4 Å². The Morgan fingerprint density at radius 3 is 2.50 bits per heavy atom. The largest absolute Gasteiger partial charge is 0.497 e. The minimum atomic E-state index is -0.893. The number of nitrogens with zero attached hydrogens (tertiary/aromatic N) is 4. The number of carbonyl (C=O) groups excluding carboxylic acids is 1. The molecule has 0 aliphatic carbocycles. The molecular weight excluding hydrogens is 420 g/mol. The Morgan fingerprint density at radius 2 is 1.84 bits per heavy atom. The standard InChI is InChI=1S/C22H23F2N5O3/c1-28(12-13-31-2)21-25-11-10-20(27-21)29(16-5-7-17(32-3)8-6-16)22(30)26-19-9-4-15(23)14-18(19)24/h4-11,14H,12-13H2,1-3H3,(H,26,30). The molecule has 3 aromatic rings. The zero-order valence-electron chi connectivity index (χ0n) is 17.9. The fourth-order valence-corrected chi connectivity index (χ4v) is 2.82. The first-order valence-electron chi connectivity index (χ1n) is 9.66. The maximum Gasteiger partial charge on any atom is 0.332 e. The van der Waals surface area contributed by atoms with Crippen molar-refractivity contribution in [2.75, 3.05) is 49.5 Å². The molecule has 0 bridgehead atoms. The molecule has 32 heavy (non-hydrogen) atoms. The fraction of sp³-hybridized carbons (Fsp3) is 0.227. The van der Waals surface area contributed by atoms with Crippen LogP contribution in [0.5, 0.6) is 5.75 Å². The van der Waals surface area contributed by atoms with E-state index in [-0.39, 0.29) is 11.5 Å². The Balaban J connectivity index is 1.98. The summed E-state index contributed by atoms with van der Waals surface area (Å²) in [5.41, 5.74) is 0.288. The van der Waals surface area contributed by atoms with Crippen LogP contribution < -0.4 is 19.9 Å². The van der Waals surface area contributed by atoms with E-state index in [0.29, 0.717) is 36.6 Å². The van der Waals surface area contributed by atoms with E-state index in [2.05, 4.69) is 15.3 Å². The zero-order valence-corrected chi connectivity index (χ0v) is 17.9. The monoisotopic (exact) mass is 443 g/mol. The Morgan fingerprint density at radius 1 is 1.09 bits per heavy atom. The summed E-state index contributed by atoms with van der Waals surface area (Å²) in [7, 11) is 4.92. The van der Waals surface area contributed by atoms with Crippen LogP contribution in [-0.4, -0.2) is 50.4 Å². The summed E-state index contributed by atoms with van der Waals surface area (Å²) in [6.45, 7) is 1.01. The van der Waals surface area contributed by atoms with E-state index in [0.717, 1.165) is 12.1 Å². The molecule has 1 aromatic heterocycles. The summed E-state index contributed by atoms with van der Waals surface area (Å²) in [5.74, 6) is -0.410. The van der Waals surface area contributed by atoms with Crippen molar-refractivity contribution in [3.63, 3.8) is 0 Å². The van der Waals surface area contributed by atoms with Gasteiger partial charge < -0.3 is 19.7 Å². The smallest absolute Gasteiger partial charge is 0.332 e. The normalized spacial score (nSPS) is 10.5. The summed E-state index contributed by atoms with van der Waals surface area (Å²) in [4.78, 5) is 24.9. The number of halogens is 2. The molecule has 0 spiro atoms. The summed E-state index contributed by atoms with van der Waals surface area (Å²) >= 11 is 0. The van der Waals surface area contributed by atoms with Crippen molar-refractivity contribution in [1.29, 1.82) is 0 Å². The second-order valence-corrected chi connectivity index (χ2v) is 6.72. The van der Waals surface area contributed by atoms with Crippen LogP contribution in [0.25, 0.3) is 0 Å². The van der Waals surface area contributed by atoms with Crippen LogP contribution in [0.15, 0.2) is 54.7 Å². The van der Waals surface area contributed by atoms with Crippen molar-refractivity contribution in [2.45, 2.75) is 0 Å². The van der Waals surface area contributed by atoms with E-state index in [4.69, 9.17) is 9.47 Å². The van der Waals surface area contributed by atoms with E-state index in [1.807, 2.05) is 0 Å². The minimum Gasteiger partial charge on any atom is -0.497 e. The van der Waals surface area contributed by atoms with Crippen molar-refractivity contribution >= 4 is 29.2 Å². The second kappa shape index (κ2) is 10.5. The SMILES string of the molecule is COCCN(C)c1nccc(N(C(=O)Nc2ccc(F)cc2F)c2ccc(OC)cc2)n1. The predicted octanol–water partition coefficient (Wildman–Crippen LogP) is 4.22. The zero-order chi connectivity index (χ0) is 23.1. The maximum atomic E-state index is 14.1. The van der Waals surface area contributed by atoms with E-state index in [1.54, 1.807) is 49.4 Å². The van der Waals surface area contributed by atoms with Crippen LogP contribution in [0.4, 0.5) is 36.7 Å². The first-order chi connectivity index (χ1) is 15.4. The van der Waals surface area contributed by atoms with Crippen LogP contribution in [0.3, 0.4) is 0 Å². The van der Waals surface area contributed by atoms with Gasteiger partial charge in [0.15, 0.2) is 0 Å². The van der Waals surface area contributed by atoms with Gasteiger partial charge >= 0.3 is 6.03 Å². The number of ether oxygens (including phenoxy) is 2. The number of benzene rings is 2. The summed E-state index contributed by atoms with van der Waals surface area (Å²) in [6, 6.07) is 10.5. The third kappa shape index (κ3) is 5.46. The van der Waals surface area contributed by atoms with Crippen LogP contribution in [0.1, 0.15) is 0 Å². The van der Waals surface area contributed by atoms with Crippen LogP contribution in [0, 0.1) is 11.6 Å². The number of aromatic nitrogens is 2. The first-order valence-corrected chi connectivity index (χ1v) is 9.66. The third-order valence-corrected chi connectivity index (χ3v) is 4.54. The molecular formula is C22H23F2N5O3. The number of carbonyl (C=O) groups is 1. The third-order valence-electron chi connectivity index (χ3n) is 4.54. The lowest BCUT2D eigenvalue weighted by Crippen LogP contribution is -2.32. The average molecular weight is 443 g/mol. The average Bonchev–Trinajstić information content (AvgIpc) is 2.80. The highest BCUT2D eigenvalue weighted by Gasteiger charge is 2.22. The van der Waals surface area contributed by atoms with Gasteiger partial charge in [0.25, 0.3) is 0 Å². The number of hydrogen-bond donors (Lipinski definition) is 1. The van der Waals surface area contributed by atoms with Crippen molar-refractivity contribution in [3.8, 4) is 5.75 Å². The van der Waals surface area contributed by atoms with Crippen LogP contribution in [-0.2, 0) is 4.74 Å². The topological polar surface area (TPSA) is 79.8 Å². The van der Waals surface area contributed by atoms with Gasteiger partial charge in [-0.3, -0.25) is 0 Å². The van der Waals surface area contributed by atoms with Gasteiger partial charge in [-0.05, 0) is 36.4 Å². The number of rotatable bonds is 8. The molecule has 0 fully saturated rings. The van der Waals surface area contributed by atoms with Gasteiger partial charge in [0.1, 0.15) is 23.2 Å². The number of likely N-dealkylation sites (N-methyl/N-ethyl adjacent to an activating group) is 1. The van der Waals surface area contributed by atoms with Gasteiger partial charge in [0.05, 0.1) is 25.1 Å². The molecule has 0 saturated carbocycles. The van der Waals surface area contributed by atoms with Gasteiger partial charge in [-0.2, -0.15) is 4.98 Å². The molecule has 168 valence electrons.